The van der Waals surface area contributed by atoms with E-state index in [-0.39, 0.29) is 51.5 Å². The van der Waals surface area contributed by atoms with Crippen LogP contribution in [-0.2, 0) is 14.5 Å². The van der Waals surface area contributed by atoms with Crippen LogP contribution >= 0.6 is 0 Å². The first-order valence-corrected chi connectivity index (χ1v) is 27.0. The molecule has 0 amide bonds. The van der Waals surface area contributed by atoms with E-state index < -0.39 is 0 Å². The second-order valence-electron chi connectivity index (χ2n) is 26.3. The summed E-state index contributed by atoms with van der Waals surface area (Å²) in [4.78, 5) is 21.3. The number of hydrogen-bond donors (Lipinski definition) is 0. The maximum Gasteiger partial charge on any atom is 0.107 e. The van der Waals surface area contributed by atoms with Gasteiger partial charge in [-0.1, -0.05) is 114 Å². The third-order valence-electron chi connectivity index (χ3n) is 16.2. The summed E-state index contributed by atoms with van der Waals surface area (Å²) in [5, 5.41) is 6.97. The van der Waals surface area contributed by atoms with E-state index >= 15 is 0 Å². The molecular formula is C63H93N3O3. The molecule has 3 aliphatic rings. The Balaban J connectivity index is 1.24. The second-order valence-corrected chi connectivity index (χ2v) is 26.3. The van der Waals surface area contributed by atoms with Crippen LogP contribution in [0.1, 0.15) is 217 Å². The van der Waals surface area contributed by atoms with Crippen molar-refractivity contribution in [1.82, 2.24) is 15.2 Å². The van der Waals surface area contributed by atoms with Crippen molar-refractivity contribution in [2.45, 2.75) is 234 Å². The van der Waals surface area contributed by atoms with Gasteiger partial charge in [0.2, 0.25) is 0 Å². The Bertz CT molecular complexity index is 2000. The molecule has 3 heterocycles. The van der Waals surface area contributed by atoms with Crippen LogP contribution in [0.25, 0.3) is 33.4 Å². The molecule has 3 unspecified atom stereocenters. The maximum absolute atomic E-state index is 7.09. The van der Waals surface area contributed by atoms with Crippen LogP contribution in [0, 0.1) is 17.8 Å². The van der Waals surface area contributed by atoms with E-state index in [9.17, 15) is 0 Å². The summed E-state index contributed by atoms with van der Waals surface area (Å²) < 4.78 is 0. The largest absolute Gasteiger partial charge is 0.290 e. The highest BCUT2D eigenvalue weighted by atomic mass is 16.7. The van der Waals surface area contributed by atoms with E-state index in [4.69, 9.17) is 14.5 Å². The predicted molar refractivity (Wildman–Crippen MR) is 290 cm³/mol. The van der Waals surface area contributed by atoms with Crippen LogP contribution in [0.3, 0.4) is 0 Å². The molecule has 3 aliphatic heterocycles. The molecule has 3 saturated heterocycles. The molecule has 7 rings (SSSR count). The smallest absolute Gasteiger partial charge is 0.107 e. The van der Waals surface area contributed by atoms with Gasteiger partial charge in [-0.2, -0.15) is 15.2 Å². The van der Waals surface area contributed by atoms with Crippen LogP contribution in [0.4, 0.5) is 0 Å². The fraction of sp³-hybridized carbons (Fsp3) is 0.619. The van der Waals surface area contributed by atoms with Gasteiger partial charge in [0, 0.05) is 33.2 Å². The molecule has 0 spiro atoms. The summed E-state index contributed by atoms with van der Waals surface area (Å²) in [5.41, 5.74) is 10.6. The second kappa shape index (κ2) is 20.3. The quantitative estimate of drug-likeness (QED) is 0.118. The van der Waals surface area contributed by atoms with Gasteiger partial charge in [-0.05, 0) is 227 Å². The summed E-state index contributed by atoms with van der Waals surface area (Å²) in [6.07, 6.45) is 10.3. The first kappa shape index (κ1) is 53.4. The minimum atomic E-state index is -0.0500. The van der Waals surface area contributed by atoms with Crippen molar-refractivity contribution in [3.63, 3.8) is 0 Å². The highest BCUT2D eigenvalue weighted by Gasteiger charge is 2.47. The van der Waals surface area contributed by atoms with Crippen LogP contribution < -0.4 is 0 Å². The third kappa shape index (κ3) is 11.8. The van der Waals surface area contributed by atoms with Crippen LogP contribution in [-0.4, -0.2) is 48.4 Å². The van der Waals surface area contributed by atoms with Gasteiger partial charge >= 0.3 is 0 Å². The molecule has 4 aromatic carbocycles. The van der Waals surface area contributed by atoms with Crippen molar-refractivity contribution in [3.05, 3.63) is 108 Å². The molecule has 69 heavy (non-hydrogen) atoms. The van der Waals surface area contributed by atoms with E-state index in [1.54, 1.807) is 0 Å². The molecule has 4 aromatic rings. The van der Waals surface area contributed by atoms with Gasteiger partial charge in [-0.3, -0.25) is 14.5 Å². The van der Waals surface area contributed by atoms with Crippen molar-refractivity contribution in [2.75, 3.05) is 0 Å². The summed E-state index contributed by atoms with van der Waals surface area (Å²) in [5.74, 6) is 0.923. The molecule has 0 saturated carbocycles. The van der Waals surface area contributed by atoms with Crippen LogP contribution in [0.15, 0.2) is 91.0 Å². The number of nitrogens with zero attached hydrogens (tertiary/aromatic N) is 3. The van der Waals surface area contributed by atoms with Gasteiger partial charge in [0.25, 0.3) is 0 Å². The Labute approximate surface area is 420 Å². The molecule has 3 atom stereocenters. The number of benzene rings is 4. The average molecular weight is 940 g/mol. The SMILES string of the molecule is CC(C)C(ON1C(C)(C)CCCC1(C)C)c1ccc(-c2cc(-c3ccc(C(ON4C(C)(C)CCCC4(C)C)C(C)C)cc3)cc(-c3ccc(C(ON4C(C)(C)CCCC4(C)C)C(C)C)cc3)c2)cc1. The molecule has 3 fully saturated rings. The zero-order valence-electron chi connectivity index (χ0n) is 46.6. The average Bonchev–Trinajstić information content (AvgIpc) is 3.25. The Morgan fingerprint density at radius 3 is 0.667 bits per heavy atom. The van der Waals surface area contributed by atoms with Gasteiger partial charge in [0.05, 0.1) is 0 Å². The number of hydroxylamine groups is 6. The van der Waals surface area contributed by atoms with Crippen LogP contribution in [0.5, 0.6) is 0 Å². The molecule has 6 heteroatoms. The fourth-order valence-electron chi connectivity index (χ4n) is 12.6. The van der Waals surface area contributed by atoms with E-state index in [1.165, 1.54) is 69.3 Å². The van der Waals surface area contributed by atoms with Gasteiger partial charge < -0.3 is 0 Å². The zero-order chi connectivity index (χ0) is 50.5. The van der Waals surface area contributed by atoms with Crippen molar-refractivity contribution in [1.29, 1.82) is 0 Å². The zero-order valence-corrected chi connectivity index (χ0v) is 46.6. The van der Waals surface area contributed by atoms with E-state index in [0.29, 0.717) is 17.8 Å². The molecule has 0 aromatic heterocycles. The predicted octanol–water partition coefficient (Wildman–Crippen LogP) is 17.7. The summed E-state index contributed by atoms with van der Waals surface area (Å²) in [7, 11) is 0. The third-order valence-corrected chi connectivity index (χ3v) is 16.2. The van der Waals surface area contributed by atoms with Gasteiger partial charge in [0.1, 0.15) is 18.3 Å². The monoisotopic (exact) mass is 940 g/mol. The number of piperidine rings is 3. The van der Waals surface area contributed by atoms with Crippen molar-refractivity contribution in [3.8, 4) is 33.4 Å². The van der Waals surface area contributed by atoms with Crippen LogP contribution in [0.2, 0.25) is 0 Å². The topological polar surface area (TPSA) is 37.4 Å². The first-order valence-electron chi connectivity index (χ1n) is 27.0. The van der Waals surface area contributed by atoms with Crippen molar-refractivity contribution < 1.29 is 14.5 Å². The minimum Gasteiger partial charge on any atom is -0.290 e. The van der Waals surface area contributed by atoms with Crippen molar-refractivity contribution in [2.24, 2.45) is 17.8 Å². The highest BCUT2D eigenvalue weighted by Crippen LogP contribution is 2.46. The lowest BCUT2D eigenvalue weighted by Gasteiger charge is -2.52. The van der Waals surface area contributed by atoms with Gasteiger partial charge in [-0.15, -0.1) is 0 Å². The lowest BCUT2D eigenvalue weighted by atomic mass is 9.82. The molecule has 0 bridgehead atoms. The number of rotatable bonds is 15. The van der Waals surface area contributed by atoms with Crippen molar-refractivity contribution >= 4 is 0 Å². The standard InChI is InChI=1S/C63H93N3O3/c1-43(2)55(67-64-58(7,8)34-19-35-59(64,9)10)49-28-22-46(23-29-49)52-40-53(47-24-30-50(31-25-47)56(44(3)4)68-65-60(11,12)36-20-37-61(65,13)14)42-54(41-52)48-26-32-51(33-27-48)57(45(5)6)69-66-62(15,16)38-21-39-63(66,17)18/h22-33,40-45,55-57H,19-21,34-39H2,1-18H3. The lowest BCUT2D eigenvalue weighted by Crippen LogP contribution is -2.58. The molecule has 6 nitrogen and oxygen atoms in total. The normalized spacial score (nSPS) is 22.7. The summed E-state index contributed by atoms with van der Waals surface area (Å²) >= 11 is 0. The molecule has 0 radical (unpaired) electrons. The van der Waals surface area contributed by atoms with E-state index in [2.05, 4.69) is 231 Å². The first-order chi connectivity index (χ1) is 32.1. The number of hydrogen-bond acceptors (Lipinski definition) is 6. The summed E-state index contributed by atoms with van der Waals surface area (Å²) in [6, 6.07) is 34.7. The fourth-order valence-corrected chi connectivity index (χ4v) is 12.6. The van der Waals surface area contributed by atoms with Gasteiger partial charge in [-0.25, -0.2) is 0 Å². The molecule has 0 N–H and O–H groups in total. The van der Waals surface area contributed by atoms with Gasteiger partial charge in [0.15, 0.2) is 0 Å². The Morgan fingerprint density at radius 1 is 0.304 bits per heavy atom. The van der Waals surface area contributed by atoms with E-state index in [1.807, 2.05) is 0 Å². The maximum atomic E-state index is 7.09. The Morgan fingerprint density at radius 2 is 0.493 bits per heavy atom. The highest BCUT2D eigenvalue weighted by molar-refractivity contribution is 5.81. The Hall–Kier alpha value is -3.36. The lowest BCUT2D eigenvalue weighted by molar-refractivity contribution is -0.313. The molecule has 0 aliphatic carbocycles. The molecular weight excluding hydrogens is 847 g/mol. The van der Waals surface area contributed by atoms with E-state index in [0.717, 1.165) is 38.5 Å². The minimum absolute atomic E-state index is 0.0319. The molecule has 378 valence electrons. The summed E-state index contributed by atoms with van der Waals surface area (Å²) in [6.45, 7) is 41.7. The Kier molecular flexibility index (Phi) is 15.7.